The van der Waals surface area contributed by atoms with E-state index in [0.717, 1.165) is 33.3 Å². The molecule has 7 aromatic carbocycles. The average Bonchev–Trinajstić information content (AvgIpc) is 3.74. The average molecular weight is 701 g/mol. The van der Waals surface area contributed by atoms with Gasteiger partial charge in [0.15, 0.2) is 0 Å². The maximum Gasteiger partial charge on any atom is 0.135 e. The van der Waals surface area contributed by atoms with E-state index in [1.54, 1.807) is 0 Å². The van der Waals surface area contributed by atoms with Crippen molar-refractivity contribution in [2.75, 3.05) is 16.8 Å². The van der Waals surface area contributed by atoms with Crippen LogP contribution in [-0.4, -0.2) is 7.05 Å². The lowest BCUT2D eigenvalue weighted by molar-refractivity contribution is 0.659. The molecular weight excluding hydrogens is 657 g/mol. The minimum absolute atomic E-state index is 0.0872. The van der Waals surface area contributed by atoms with Crippen molar-refractivity contribution in [2.45, 2.75) is 52.4 Å². The van der Waals surface area contributed by atoms with Crippen LogP contribution in [0.25, 0.3) is 44.2 Å². The minimum Gasteiger partial charge on any atom is -0.456 e. The van der Waals surface area contributed by atoms with E-state index < -0.39 is 0 Å². The number of nitrogens with zero attached hydrogens (tertiary/aromatic N) is 2. The summed E-state index contributed by atoms with van der Waals surface area (Å²) in [6, 6.07) is 51.8. The van der Waals surface area contributed by atoms with E-state index in [-0.39, 0.29) is 10.8 Å². The van der Waals surface area contributed by atoms with Gasteiger partial charge in [0.25, 0.3) is 0 Å². The molecule has 10 rings (SSSR count). The van der Waals surface area contributed by atoms with E-state index in [0.29, 0.717) is 0 Å². The summed E-state index contributed by atoms with van der Waals surface area (Å²) in [5, 5.41) is 2.29. The third-order valence-corrected chi connectivity index (χ3v) is 12.4. The van der Waals surface area contributed by atoms with Crippen molar-refractivity contribution in [3.05, 3.63) is 173 Å². The predicted octanol–water partition coefficient (Wildman–Crippen LogP) is 14.1. The normalized spacial score (nSPS) is 14.5. The highest BCUT2D eigenvalue weighted by Gasteiger charge is 2.38. The standard InChI is InChI=1S/C51H44N2O/c1-31-12-15-33(16-13-31)53(36-18-23-40-38-21-14-32(2)26-44(38)50(3,4)46(40)29-36)37-19-24-41-39-22-17-35(28-45(39)51(5,6)47(41)30-37)52(7)34-20-25-49-43(27-34)42-10-8-9-11-48(42)54-49/h8-30H,1-7H3. The second-order valence-electron chi connectivity index (χ2n) is 16.5. The zero-order chi connectivity index (χ0) is 37.1. The van der Waals surface area contributed by atoms with Crippen LogP contribution in [0.1, 0.15) is 61.1 Å². The van der Waals surface area contributed by atoms with Gasteiger partial charge in [-0.2, -0.15) is 0 Å². The number of aryl methyl sites for hydroxylation is 2. The van der Waals surface area contributed by atoms with Crippen LogP contribution in [0.15, 0.2) is 144 Å². The van der Waals surface area contributed by atoms with Gasteiger partial charge in [0.2, 0.25) is 0 Å². The molecule has 2 aliphatic carbocycles. The maximum atomic E-state index is 6.13. The van der Waals surface area contributed by atoms with Crippen molar-refractivity contribution in [1.82, 2.24) is 0 Å². The van der Waals surface area contributed by atoms with Gasteiger partial charge in [-0.3, -0.25) is 0 Å². The highest BCUT2D eigenvalue weighted by Crippen LogP contribution is 2.54. The number of rotatable bonds is 5. The first kappa shape index (κ1) is 32.6. The van der Waals surface area contributed by atoms with E-state index in [1.165, 1.54) is 72.7 Å². The van der Waals surface area contributed by atoms with E-state index in [4.69, 9.17) is 4.42 Å². The molecule has 0 bridgehead atoms. The number of furan rings is 1. The summed E-state index contributed by atoms with van der Waals surface area (Å²) in [5.74, 6) is 0. The van der Waals surface area contributed by atoms with Crippen molar-refractivity contribution >= 4 is 50.4 Å². The van der Waals surface area contributed by atoms with Crippen LogP contribution in [0.3, 0.4) is 0 Å². The Morgan fingerprint density at radius 1 is 0.407 bits per heavy atom. The van der Waals surface area contributed by atoms with Crippen LogP contribution in [0.2, 0.25) is 0 Å². The molecule has 54 heavy (non-hydrogen) atoms. The topological polar surface area (TPSA) is 19.6 Å². The van der Waals surface area contributed by atoms with Crippen molar-refractivity contribution in [3.63, 3.8) is 0 Å². The van der Waals surface area contributed by atoms with E-state index in [1.807, 2.05) is 12.1 Å². The number of para-hydroxylation sites is 1. The second kappa shape index (κ2) is 11.5. The van der Waals surface area contributed by atoms with Crippen LogP contribution >= 0.6 is 0 Å². The molecule has 0 saturated heterocycles. The summed E-state index contributed by atoms with van der Waals surface area (Å²) in [5.41, 5.74) is 20.7. The Morgan fingerprint density at radius 2 is 0.852 bits per heavy atom. The molecule has 0 unspecified atom stereocenters. The Hall–Kier alpha value is -6.06. The van der Waals surface area contributed by atoms with Crippen molar-refractivity contribution in [1.29, 1.82) is 0 Å². The van der Waals surface area contributed by atoms with E-state index in [2.05, 4.69) is 186 Å². The Kier molecular flexibility index (Phi) is 6.92. The third kappa shape index (κ3) is 4.74. The van der Waals surface area contributed by atoms with Gasteiger partial charge >= 0.3 is 0 Å². The van der Waals surface area contributed by atoms with Gasteiger partial charge in [-0.15, -0.1) is 0 Å². The van der Waals surface area contributed by atoms with Crippen molar-refractivity contribution in [2.24, 2.45) is 0 Å². The number of anilines is 5. The van der Waals surface area contributed by atoms with Gasteiger partial charge in [0, 0.05) is 57.1 Å². The fourth-order valence-corrected chi connectivity index (χ4v) is 9.25. The Balaban J connectivity index is 1.04. The highest BCUT2D eigenvalue weighted by atomic mass is 16.3. The first-order valence-corrected chi connectivity index (χ1v) is 19.1. The molecule has 0 N–H and O–H groups in total. The highest BCUT2D eigenvalue weighted by molar-refractivity contribution is 6.06. The monoisotopic (exact) mass is 700 g/mol. The van der Waals surface area contributed by atoms with Gasteiger partial charge in [-0.25, -0.2) is 0 Å². The van der Waals surface area contributed by atoms with Crippen LogP contribution in [0, 0.1) is 13.8 Å². The Morgan fingerprint density at radius 3 is 1.48 bits per heavy atom. The van der Waals surface area contributed by atoms with Crippen molar-refractivity contribution in [3.8, 4) is 22.3 Å². The fourth-order valence-electron chi connectivity index (χ4n) is 9.25. The smallest absolute Gasteiger partial charge is 0.135 e. The number of fused-ring (bicyclic) bond motifs is 9. The molecule has 2 aliphatic rings. The summed E-state index contributed by atoms with van der Waals surface area (Å²) < 4.78 is 6.13. The van der Waals surface area contributed by atoms with Crippen LogP contribution in [0.5, 0.6) is 0 Å². The lowest BCUT2D eigenvalue weighted by Gasteiger charge is -2.30. The van der Waals surface area contributed by atoms with Gasteiger partial charge in [-0.05, 0) is 131 Å². The summed E-state index contributed by atoms with van der Waals surface area (Å²) in [6.07, 6.45) is 0. The first-order valence-electron chi connectivity index (χ1n) is 19.1. The molecule has 8 aromatic rings. The largest absolute Gasteiger partial charge is 0.456 e. The summed E-state index contributed by atoms with van der Waals surface area (Å²) in [4.78, 5) is 4.73. The van der Waals surface area contributed by atoms with Gasteiger partial charge in [0.1, 0.15) is 11.2 Å². The van der Waals surface area contributed by atoms with Crippen molar-refractivity contribution < 1.29 is 4.42 Å². The molecule has 0 spiro atoms. The molecule has 1 aromatic heterocycles. The second-order valence-corrected chi connectivity index (χ2v) is 16.5. The number of hydrogen-bond donors (Lipinski definition) is 0. The molecule has 0 fully saturated rings. The quantitative estimate of drug-likeness (QED) is 0.178. The fraction of sp³-hybridized carbons (Fsp3) is 0.176. The molecule has 264 valence electrons. The molecular formula is C51H44N2O. The Labute approximate surface area is 318 Å². The molecule has 0 atom stereocenters. The van der Waals surface area contributed by atoms with E-state index >= 15 is 0 Å². The molecule has 0 radical (unpaired) electrons. The molecule has 3 heteroatoms. The minimum atomic E-state index is -0.194. The summed E-state index contributed by atoms with van der Waals surface area (Å²) >= 11 is 0. The number of hydrogen-bond acceptors (Lipinski definition) is 3. The summed E-state index contributed by atoms with van der Waals surface area (Å²) in [6.45, 7) is 13.8. The van der Waals surface area contributed by atoms with Crippen LogP contribution in [-0.2, 0) is 10.8 Å². The SMILES string of the molecule is Cc1ccc(N(c2ccc3c(c2)C(C)(C)c2cc(C)ccc2-3)c2ccc3c(c2)C(C)(C)c2cc(N(C)c4ccc5oc6ccccc6c5c4)ccc2-3)cc1. The third-order valence-electron chi connectivity index (χ3n) is 12.4. The van der Waals surface area contributed by atoms with Gasteiger partial charge in [-0.1, -0.05) is 106 Å². The zero-order valence-electron chi connectivity index (χ0n) is 32.1. The summed E-state index contributed by atoms with van der Waals surface area (Å²) in [7, 11) is 2.16. The zero-order valence-corrected chi connectivity index (χ0v) is 32.1. The predicted molar refractivity (Wildman–Crippen MR) is 228 cm³/mol. The first-order chi connectivity index (χ1) is 26.0. The molecule has 0 amide bonds. The molecule has 1 heterocycles. The molecule has 3 nitrogen and oxygen atoms in total. The molecule has 0 aliphatic heterocycles. The maximum absolute atomic E-state index is 6.13. The number of benzene rings is 7. The van der Waals surface area contributed by atoms with Crippen LogP contribution < -0.4 is 9.80 Å². The van der Waals surface area contributed by atoms with E-state index in [9.17, 15) is 0 Å². The van der Waals surface area contributed by atoms with Crippen LogP contribution in [0.4, 0.5) is 28.4 Å². The Bertz CT molecular complexity index is 2820. The van der Waals surface area contributed by atoms with Gasteiger partial charge < -0.3 is 14.2 Å². The molecule has 0 saturated carbocycles. The lowest BCUT2D eigenvalue weighted by atomic mass is 9.81. The van der Waals surface area contributed by atoms with Gasteiger partial charge in [0.05, 0.1) is 0 Å². The lowest BCUT2D eigenvalue weighted by Crippen LogP contribution is -2.18.